The number of halogens is 3. The lowest BCUT2D eigenvalue weighted by Gasteiger charge is -2.05. The molecule has 2 aromatic carbocycles. The normalized spacial score (nSPS) is 10.6. The van der Waals surface area contributed by atoms with Gasteiger partial charge in [-0.15, -0.1) is 0 Å². The molecule has 0 saturated carbocycles. The zero-order chi connectivity index (χ0) is 16.8. The Morgan fingerprint density at radius 2 is 1.83 bits per heavy atom. The van der Waals surface area contributed by atoms with Crippen LogP contribution in [0.1, 0.15) is 5.56 Å². The van der Waals surface area contributed by atoms with Crippen LogP contribution < -0.4 is 10.7 Å². The van der Waals surface area contributed by atoms with Crippen LogP contribution in [0.25, 0.3) is 0 Å². The maximum atomic E-state index is 11.7. The van der Waals surface area contributed by atoms with Crippen LogP contribution in [0.2, 0.25) is 10.0 Å². The number of anilines is 1. The minimum absolute atomic E-state index is 0.276. The minimum atomic E-state index is -0.901. The summed E-state index contributed by atoms with van der Waals surface area (Å²) < 4.78 is 0.880. The smallest absolute Gasteiger partial charge is 0.318 e. The average Bonchev–Trinajstić information content (AvgIpc) is 2.51. The topological polar surface area (TPSA) is 70.6 Å². The largest absolute Gasteiger partial charge is 0.329 e. The molecule has 0 aliphatic carbocycles. The fourth-order valence-corrected chi connectivity index (χ4v) is 2.28. The number of hydrogen-bond donors (Lipinski definition) is 2. The van der Waals surface area contributed by atoms with Crippen molar-refractivity contribution < 1.29 is 9.59 Å². The number of hydrogen-bond acceptors (Lipinski definition) is 3. The van der Waals surface area contributed by atoms with Gasteiger partial charge in [-0.1, -0.05) is 51.3 Å². The third-order valence-electron chi connectivity index (χ3n) is 2.61. The van der Waals surface area contributed by atoms with Crippen LogP contribution in [0.5, 0.6) is 0 Å². The quantitative estimate of drug-likeness (QED) is 0.455. The highest BCUT2D eigenvalue weighted by Crippen LogP contribution is 2.24. The predicted molar refractivity (Wildman–Crippen MR) is 95.0 cm³/mol. The summed E-state index contributed by atoms with van der Waals surface area (Å²) in [6.45, 7) is 0. The summed E-state index contributed by atoms with van der Waals surface area (Å²) in [7, 11) is 0. The molecule has 0 aromatic heterocycles. The SMILES string of the molecule is O=C(NN=Cc1cccc(Br)c1)C(=O)Nc1ccc(Cl)c(Cl)c1. The summed E-state index contributed by atoms with van der Waals surface area (Å²) in [4.78, 5) is 23.4. The van der Waals surface area contributed by atoms with Crippen LogP contribution in [0.3, 0.4) is 0 Å². The first-order valence-corrected chi connectivity index (χ1v) is 7.85. The van der Waals surface area contributed by atoms with Gasteiger partial charge in [0.1, 0.15) is 0 Å². The van der Waals surface area contributed by atoms with Crippen molar-refractivity contribution in [1.29, 1.82) is 0 Å². The molecule has 2 amide bonds. The zero-order valence-corrected chi connectivity index (χ0v) is 14.6. The Bertz CT molecular complexity index is 781. The Morgan fingerprint density at radius 1 is 1.04 bits per heavy atom. The first-order chi connectivity index (χ1) is 11.0. The zero-order valence-electron chi connectivity index (χ0n) is 11.5. The van der Waals surface area contributed by atoms with Crippen molar-refractivity contribution in [3.63, 3.8) is 0 Å². The standard InChI is InChI=1S/C15H10BrCl2N3O2/c16-10-3-1-2-9(6-10)8-19-21-15(23)14(22)20-11-4-5-12(17)13(18)7-11/h1-8H,(H,20,22)(H,21,23). The van der Waals surface area contributed by atoms with Gasteiger partial charge in [-0.25, -0.2) is 5.43 Å². The molecule has 0 spiro atoms. The molecule has 0 aliphatic rings. The second kappa shape index (κ2) is 8.10. The van der Waals surface area contributed by atoms with E-state index in [-0.39, 0.29) is 5.02 Å². The molecule has 118 valence electrons. The Labute approximate surface area is 150 Å². The molecule has 0 aliphatic heterocycles. The molecule has 0 heterocycles. The molecule has 0 radical (unpaired) electrons. The van der Waals surface area contributed by atoms with E-state index < -0.39 is 11.8 Å². The van der Waals surface area contributed by atoms with E-state index in [0.717, 1.165) is 10.0 Å². The van der Waals surface area contributed by atoms with Gasteiger partial charge in [0.25, 0.3) is 0 Å². The van der Waals surface area contributed by atoms with Crippen LogP contribution in [-0.2, 0) is 9.59 Å². The van der Waals surface area contributed by atoms with Gasteiger partial charge in [-0.2, -0.15) is 5.10 Å². The summed E-state index contributed by atoms with van der Waals surface area (Å²) in [5.74, 6) is -1.77. The van der Waals surface area contributed by atoms with Gasteiger partial charge in [-0.05, 0) is 35.9 Å². The number of rotatable bonds is 3. The molecule has 5 nitrogen and oxygen atoms in total. The highest BCUT2D eigenvalue weighted by molar-refractivity contribution is 9.10. The van der Waals surface area contributed by atoms with Crippen LogP contribution in [-0.4, -0.2) is 18.0 Å². The third kappa shape index (κ3) is 5.35. The molecule has 0 atom stereocenters. The monoisotopic (exact) mass is 413 g/mol. The van der Waals surface area contributed by atoms with Crippen LogP contribution in [0.4, 0.5) is 5.69 Å². The van der Waals surface area contributed by atoms with E-state index in [1.165, 1.54) is 24.4 Å². The first-order valence-electron chi connectivity index (χ1n) is 6.31. The molecule has 0 unspecified atom stereocenters. The van der Waals surface area contributed by atoms with Gasteiger partial charge in [0.15, 0.2) is 0 Å². The molecule has 8 heteroatoms. The number of carbonyl (C=O) groups is 2. The average molecular weight is 415 g/mol. The van der Waals surface area contributed by atoms with E-state index in [0.29, 0.717) is 10.7 Å². The van der Waals surface area contributed by atoms with E-state index >= 15 is 0 Å². The second-order valence-corrected chi connectivity index (χ2v) is 6.07. The number of carbonyl (C=O) groups excluding carboxylic acids is 2. The Hall–Kier alpha value is -1.89. The maximum absolute atomic E-state index is 11.7. The van der Waals surface area contributed by atoms with E-state index in [4.69, 9.17) is 23.2 Å². The van der Waals surface area contributed by atoms with Crippen molar-refractivity contribution in [3.8, 4) is 0 Å². The van der Waals surface area contributed by atoms with E-state index in [9.17, 15) is 9.59 Å². The lowest BCUT2D eigenvalue weighted by Crippen LogP contribution is -2.32. The Morgan fingerprint density at radius 3 is 2.52 bits per heavy atom. The van der Waals surface area contributed by atoms with Crippen molar-refractivity contribution in [2.75, 3.05) is 5.32 Å². The van der Waals surface area contributed by atoms with E-state index in [1.54, 1.807) is 6.07 Å². The third-order valence-corrected chi connectivity index (χ3v) is 3.84. The number of hydrazone groups is 1. The molecule has 0 saturated heterocycles. The Balaban J connectivity index is 1.92. The van der Waals surface area contributed by atoms with Gasteiger partial charge in [0.2, 0.25) is 0 Å². The molecule has 2 rings (SSSR count). The van der Waals surface area contributed by atoms with E-state index in [2.05, 4.69) is 31.8 Å². The maximum Gasteiger partial charge on any atom is 0.329 e. The van der Waals surface area contributed by atoms with Gasteiger partial charge in [-0.3, -0.25) is 9.59 Å². The molecular weight excluding hydrogens is 405 g/mol. The number of nitrogens with zero attached hydrogens (tertiary/aromatic N) is 1. The highest BCUT2D eigenvalue weighted by atomic mass is 79.9. The van der Waals surface area contributed by atoms with Crippen LogP contribution in [0, 0.1) is 0 Å². The van der Waals surface area contributed by atoms with Crippen molar-refractivity contribution in [2.24, 2.45) is 5.10 Å². The van der Waals surface area contributed by atoms with Crippen molar-refractivity contribution in [2.45, 2.75) is 0 Å². The lowest BCUT2D eigenvalue weighted by atomic mass is 10.2. The Kier molecular flexibility index (Phi) is 6.15. The molecule has 2 aromatic rings. The second-order valence-electron chi connectivity index (χ2n) is 4.34. The first kappa shape index (κ1) is 17.5. The predicted octanol–water partition coefficient (Wildman–Crippen LogP) is 3.84. The van der Waals surface area contributed by atoms with Crippen LogP contribution >= 0.6 is 39.1 Å². The molecule has 0 bridgehead atoms. The van der Waals surface area contributed by atoms with Crippen molar-refractivity contribution in [1.82, 2.24) is 5.43 Å². The fourth-order valence-electron chi connectivity index (χ4n) is 1.56. The highest BCUT2D eigenvalue weighted by Gasteiger charge is 2.13. The molecule has 0 fully saturated rings. The van der Waals surface area contributed by atoms with Crippen molar-refractivity contribution >= 4 is 62.8 Å². The molecule has 2 N–H and O–H groups in total. The molecular formula is C15H10BrCl2N3O2. The molecule has 23 heavy (non-hydrogen) atoms. The summed E-state index contributed by atoms with van der Waals surface area (Å²) in [6.07, 6.45) is 1.43. The van der Waals surface area contributed by atoms with Crippen molar-refractivity contribution in [3.05, 3.63) is 62.5 Å². The van der Waals surface area contributed by atoms with Crippen LogP contribution in [0.15, 0.2) is 52.0 Å². The summed E-state index contributed by atoms with van der Waals surface area (Å²) >= 11 is 14.9. The number of amides is 2. The van der Waals surface area contributed by atoms with Gasteiger partial charge in [0, 0.05) is 10.2 Å². The minimum Gasteiger partial charge on any atom is -0.318 e. The van der Waals surface area contributed by atoms with Gasteiger partial charge in [0.05, 0.1) is 16.3 Å². The fraction of sp³-hybridized carbons (Fsp3) is 0. The van der Waals surface area contributed by atoms with Gasteiger partial charge < -0.3 is 5.32 Å². The van der Waals surface area contributed by atoms with E-state index in [1.807, 2.05) is 18.2 Å². The summed E-state index contributed by atoms with van der Waals surface area (Å²) in [5, 5.41) is 6.75. The lowest BCUT2D eigenvalue weighted by molar-refractivity contribution is -0.136. The van der Waals surface area contributed by atoms with Gasteiger partial charge >= 0.3 is 11.8 Å². The summed E-state index contributed by atoms with van der Waals surface area (Å²) in [5.41, 5.74) is 3.27. The number of benzene rings is 2. The summed E-state index contributed by atoms with van der Waals surface area (Å²) in [6, 6.07) is 11.8. The number of nitrogens with one attached hydrogen (secondary N) is 2.